The molecule has 0 aliphatic carbocycles. The van der Waals surface area contributed by atoms with Gasteiger partial charge < -0.3 is 9.88 Å². The van der Waals surface area contributed by atoms with E-state index in [0.717, 1.165) is 21.3 Å². The number of thiocarbonyl (C=S) groups is 1. The Balaban J connectivity index is 1.54. The number of carbonyl (C=O) groups excluding carboxylic acids is 2. The molecule has 1 fully saturated rings. The Labute approximate surface area is 192 Å². The van der Waals surface area contributed by atoms with Crippen LogP contribution in [0.5, 0.6) is 0 Å². The molecule has 1 aliphatic heterocycles. The average Bonchev–Trinajstić information content (AvgIpc) is 3.34. The number of likely N-dealkylation sites (N-methyl/N-ethyl adjacent to an activating group) is 1. The second kappa shape index (κ2) is 8.78. The van der Waals surface area contributed by atoms with Crippen LogP contribution in [0.1, 0.15) is 17.4 Å². The molecule has 1 unspecified atom stereocenters. The molecular weight excluding hydrogens is 450 g/mol. The Hall–Kier alpha value is -2.75. The van der Waals surface area contributed by atoms with Gasteiger partial charge in [-0.1, -0.05) is 48.2 Å². The predicted molar refractivity (Wildman–Crippen MR) is 130 cm³/mol. The van der Waals surface area contributed by atoms with E-state index in [9.17, 15) is 14.4 Å². The lowest BCUT2D eigenvalue weighted by molar-refractivity contribution is -0.138. The molecule has 1 aliphatic rings. The fraction of sp³-hybridized carbons (Fsp3) is 0.182. The number of thiophene rings is 1. The Morgan fingerprint density at radius 3 is 2.77 bits per heavy atom. The smallest absolute Gasteiger partial charge is 0.266 e. The molecule has 6 nitrogen and oxygen atoms in total. The topological polar surface area (TPSA) is 73.5 Å². The van der Waals surface area contributed by atoms with Crippen LogP contribution in [0.2, 0.25) is 0 Å². The maximum Gasteiger partial charge on any atom is 0.266 e. The van der Waals surface area contributed by atoms with Crippen LogP contribution in [0.25, 0.3) is 17.0 Å². The standard InChI is InChI=1S/C22H19N3O3S3/c1-13(25-21(28)18(31-22(25)29)11-15-6-5-9-30-15)20(27)24(2)12-14-10-19(26)23-17-8-4-3-7-16(14)17/h3-11,13H,12H2,1-2H3,(H,23,26). The van der Waals surface area contributed by atoms with E-state index in [0.29, 0.717) is 9.23 Å². The first-order chi connectivity index (χ1) is 14.8. The number of fused-ring (bicyclic) bond motifs is 1. The highest BCUT2D eigenvalue weighted by Gasteiger charge is 2.39. The summed E-state index contributed by atoms with van der Waals surface area (Å²) >= 11 is 8.13. The minimum atomic E-state index is -0.750. The molecule has 3 heterocycles. The molecule has 2 aromatic heterocycles. The Bertz CT molecular complexity index is 1260. The van der Waals surface area contributed by atoms with Crippen molar-refractivity contribution in [2.45, 2.75) is 19.5 Å². The van der Waals surface area contributed by atoms with Gasteiger partial charge in [0.1, 0.15) is 10.4 Å². The van der Waals surface area contributed by atoms with Crippen molar-refractivity contribution >= 4 is 68.4 Å². The Morgan fingerprint density at radius 1 is 1.26 bits per heavy atom. The molecule has 0 spiro atoms. The third kappa shape index (κ3) is 4.34. The highest BCUT2D eigenvalue weighted by molar-refractivity contribution is 8.26. The normalized spacial score (nSPS) is 16.3. The molecule has 9 heteroatoms. The van der Waals surface area contributed by atoms with E-state index in [1.807, 2.05) is 41.8 Å². The van der Waals surface area contributed by atoms with Crippen molar-refractivity contribution < 1.29 is 9.59 Å². The number of hydrogen-bond acceptors (Lipinski definition) is 6. The fourth-order valence-corrected chi connectivity index (χ4v) is 5.63. The number of hydrogen-bond donors (Lipinski definition) is 1. The van der Waals surface area contributed by atoms with Gasteiger partial charge >= 0.3 is 0 Å². The van der Waals surface area contributed by atoms with E-state index >= 15 is 0 Å². The molecule has 3 aromatic rings. The van der Waals surface area contributed by atoms with Crippen LogP contribution in [-0.4, -0.2) is 44.0 Å². The number of aromatic nitrogens is 1. The second-order valence-corrected chi connectivity index (χ2v) is 9.80. The zero-order valence-corrected chi connectivity index (χ0v) is 19.3. The molecule has 0 saturated carbocycles. The average molecular weight is 470 g/mol. The van der Waals surface area contributed by atoms with E-state index in [2.05, 4.69) is 4.98 Å². The number of nitrogens with zero attached hydrogens (tertiary/aromatic N) is 2. The number of H-pyrrole nitrogens is 1. The van der Waals surface area contributed by atoms with Gasteiger partial charge in [0, 0.05) is 35.4 Å². The Kier molecular flexibility index (Phi) is 6.08. The quantitative estimate of drug-likeness (QED) is 0.454. The SMILES string of the molecule is CC(C(=O)N(C)Cc1cc(=O)[nH]c2ccccc12)N1C(=O)C(=Cc2cccs2)SC1=S. The molecule has 1 N–H and O–H groups in total. The third-order valence-electron chi connectivity index (χ3n) is 5.00. The second-order valence-electron chi connectivity index (χ2n) is 7.14. The lowest BCUT2D eigenvalue weighted by Gasteiger charge is -2.27. The van der Waals surface area contributed by atoms with Crippen molar-refractivity contribution in [3.63, 3.8) is 0 Å². The van der Waals surface area contributed by atoms with Gasteiger partial charge in [-0.25, -0.2) is 0 Å². The van der Waals surface area contributed by atoms with E-state index in [-0.39, 0.29) is 23.9 Å². The summed E-state index contributed by atoms with van der Waals surface area (Å²) in [4.78, 5) is 45.2. The molecule has 0 bridgehead atoms. The summed E-state index contributed by atoms with van der Waals surface area (Å²) in [6.07, 6.45) is 1.80. The van der Waals surface area contributed by atoms with Crippen LogP contribution in [0.4, 0.5) is 0 Å². The number of aromatic amines is 1. The van der Waals surface area contributed by atoms with Crippen molar-refractivity contribution in [3.05, 3.63) is 73.5 Å². The molecular formula is C22H19N3O3S3. The first-order valence-corrected chi connectivity index (χ1v) is 11.6. The van der Waals surface area contributed by atoms with Crippen molar-refractivity contribution in [2.75, 3.05) is 7.05 Å². The van der Waals surface area contributed by atoms with Gasteiger partial charge in [0.25, 0.3) is 5.91 Å². The number of carbonyl (C=O) groups is 2. The molecule has 0 radical (unpaired) electrons. The molecule has 1 saturated heterocycles. The number of pyridine rings is 1. The van der Waals surface area contributed by atoms with E-state index in [1.54, 1.807) is 20.0 Å². The van der Waals surface area contributed by atoms with Crippen LogP contribution >= 0.6 is 35.3 Å². The van der Waals surface area contributed by atoms with Crippen LogP contribution in [-0.2, 0) is 16.1 Å². The highest BCUT2D eigenvalue weighted by atomic mass is 32.2. The number of rotatable bonds is 5. The lowest BCUT2D eigenvalue weighted by atomic mass is 10.1. The number of nitrogens with one attached hydrogen (secondary N) is 1. The highest BCUT2D eigenvalue weighted by Crippen LogP contribution is 2.35. The molecule has 1 aromatic carbocycles. The zero-order valence-electron chi connectivity index (χ0n) is 16.8. The molecule has 1 atom stereocenters. The largest absolute Gasteiger partial charge is 0.340 e. The summed E-state index contributed by atoms with van der Waals surface area (Å²) < 4.78 is 0.365. The lowest BCUT2D eigenvalue weighted by Crippen LogP contribution is -2.47. The van der Waals surface area contributed by atoms with Gasteiger partial charge in [-0.05, 0) is 36.1 Å². The van der Waals surface area contributed by atoms with E-state index in [4.69, 9.17) is 12.2 Å². The van der Waals surface area contributed by atoms with Crippen LogP contribution < -0.4 is 5.56 Å². The van der Waals surface area contributed by atoms with Crippen molar-refractivity contribution in [1.29, 1.82) is 0 Å². The summed E-state index contributed by atoms with van der Waals surface area (Å²) in [5.74, 6) is -0.516. The van der Waals surface area contributed by atoms with E-state index < -0.39 is 6.04 Å². The fourth-order valence-electron chi connectivity index (χ4n) is 3.49. The maximum absolute atomic E-state index is 13.1. The molecule has 2 amide bonds. The van der Waals surface area contributed by atoms with Gasteiger partial charge in [-0.2, -0.15) is 0 Å². The first-order valence-electron chi connectivity index (χ1n) is 9.51. The minimum absolute atomic E-state index is 0.224. The van der Waals surface area contributed by atoms with Crippen molar-refractivity contribution in [1.82, 2.24) is 14.8 Å². The van der Waals surface area contributed by atoms with Crippen LogP contribution in [0.15, 0.2) is 57.5 Å². The molecule has 4 rings (SSSR count). The monoisotopic (exact) mass is 469 g/mol. The number of benzene rings is 1. The number of amides is 2. The molecule has 31 heavy (non-hydrogen) atoms. The van der Waals surface area contributed by atoms with E-state index in [1.165, 1.54) is 39.0 Å². The summed E-state index contributed by atoms with van der Waals surface area (Å²) in [6, 6.07) is 12.0. The summed E-state index contributed by atoms with van der Waals surface area (Å²) in [5, 5.41) is 2.81. The Morgan fingerprint density at radius 2 is 2.03 bits per heavy atom. The van der Waals surface area contributed by atoms with Crippen molar-refractivity contribution in [3.8, 4) is 0 Å². The van der Waals surface area contributed by atoms with Gasteiger partial charge in [0.2, 0.25) is 11.5 Å². The predicted octanol–water partition coefficient (Wildman–Crippen LogP) is 3.84. The van der Waals surface area contributed by atoms with Crippen molar-refractivity contribution in [2.24, 2.45) is 0 Å². The van der Waals surface area contributed by atoms with Gasteiger partial charge in [-0.15, -0.1) is 11.3 Å². The maximum atomic E-state index is 13.1. The first kappa shape index (κ1) is 21.5. The summed E-state index contributed by atoms with van der Waals surface area (Å²) in [6.45, 7) is 1.92. The van der Waals surface area contributed by atoms with Crippen LogP contribution in [0, 0.1) is 0 Å². The molecule has 158 valence electrons. The van der Waals surface area contributed by atoms with Gasteiger partial charge in [0.05, 0.1) is 4.91 Å². The number of para-hydroxylation sites is 1. The van der Waals surface area contributed by atoms with Gasteiger partial charge in [0.15, 0.2) is 0 Å². The third-order valence-corrected chi connectivity index (χ3v) is 7.15. The van der Waals surface area contributed by atoms with Gasteiger partial charge in [-0.3, -0.25) is 19.3 Å². The summed E-state index contributed by atoms with van der Waals surface area (Å²) in [7, 11) is 1.66. The van der Waals surface area contributed by atoms with Crippen LogP contribution in [0.3, 0.4) is 0 Å². The number of thioether (sulfide) groups is 1. The zero-order chi connectivity index (χ0) is 22.1. The summed E-state index contributed by atoms with van der Waals surface area (Å²) in [5.41, 5.74) is 1.23. The minimum Gasteiger partial charge on any atom is -0.340 e.